The number of alkyl halides is 4. The van der Waals surface area contributed by atoms with Crippen LogP contribution in [0.1, 0.15) is 19.8 Å². The molecule has 0 N–H and O–H groups in total. The van der Waals surface area contributed by atoms with Gasteiger partial charge in [0, 0.05) is 18.4 Å². The number of hydrogen-bond acceptors (Lipinski definition) is 2. The second-order valence-electron chi connectivity index (χ2n) is 3.43. The number of carbonyl (C=O) groups excluding carboxylic acids is 1. The van der Waals surface area contributed by atoms with Gasteiger partial charge in [-0.25, -0.2) is 0 Å². The average Bonchev–Trinajstić information content (AvgIpc) is 2.24. The predicted molar refractivity (Wildman–Crippen MR) is 62.2 cm³/mol. The second-order valence-corrected chi connectivity index (χ2v) is 4.23. The molecule has 0 atom stereocenters. The predicted octanol–water partition coefficient (Wildman–Crippen LogP) is 2.59. The van der Waals surface area contributed by atoms with Crippen LogP contribution < -0.4 is 0 Å². The highest BCUT2D eigenvalue weighted by molar-refractivity contribution is 9.09. The Bertz CT molecular complexity index is 224. The van der Waals surface area contributed by atoms with E-state index < -0.39 is 12.8 Å². The summed E-state index contributed by atoms with van der Waals surface area (Å²) in [4.78, 5) is 13.2. The summed E-state index contributed by atoms with van der Waals surface area (Å²) >= 11 is 3.25. The Kier molecular flexibility index (Phi) is 8.59. The summed E-state index contributed by atoms with van der Waals surface area (Å²) in [6, 6.07) is 0. The second kappa shape index (κ2) is 8.74. The first kappa shape index (κ1) is 16.7. The first-order chi connectivity index (χ1) is 7.90. The summed E-state index contributed by atoms with van der Waals surface area (Å²) in [5.41, 5.74) is 0. The molecule has 0 bridgehead atoms. The lowest BCUT2D eigenvalue weighted by Crippen LogP contribution is -2.33. The monoisotopic (exact) mass is 319 g/mol. The Labute approximate surface area is 107 Å². The van der Waals surface area contributed by atoms with Crippen LogP contribution >= 0.6 is 15.9 Å². The molecule has 0 rings (SSSR count). The SMILES string of the molecule is CCN(CCCBr)C(=O)CCOCC(F)(F)F. The zero-order valence-electron chi connectivity index (χ0n) is 9.73. The molecule has 0 fully saturated rings. The number of rotatable bonds is 8. The van der Waals surface area contributed by atoms with E-state index in [1.54, 1.807) is 4.90 Å². The van der Waals surface area contributed by atoms with Crippen molar-refractivity contribution in [2.24, 2.45) is 0 Å². The molecule has 7 heteroatoms. The van der Waals surface area contributed by atoms with Gasteiger partial charge in [-0.3, -0.25) is 4.79 Å². The molecule has 102 valence electrons. The third-order valence-electron chi connectivity index (χ3n) is 2.02. The minimum atomic E-state index is -4.33. The van der Waals surface area contributed by atoms with Crippen molar-refractivity contribution in [3.8, 4) is 0 Å². The van der Waals surface area contributed by atoms with Crippen LogP contribution in [0, 0.1) is 0 Å². The van der Waals surface area contributed by atoms with Crippen molar-refractivity contribution in [2.45, 2.75) is 25.9 Å². The molecule has 0 saturated heterocycles. The molecule has 0 radical (unpaired) electrons. The minimum Gasteiger partial charge on any atom is -0.372 e. The fourth-order valence-corrected chi connectivity index (χ4v) is 1.47. The van der Waals surface area contributed by atoms with E-state index in [0.29, 0.717) is 13.1 Å². The fraction of sp³-hybridized carbons (Fsp3) is 0.900. The van der Waals surface area contributed by atoms with Crippen molar-refractivity contribution in [3.63, 3.8) is 0 Å². The van der Waals surface area contributed by atoms with E-state index in [4.69, 9.17) is 0 Å². The lowest BCUT2D eigenvalue weighted by Gasteiger charge is -2.20. The Morgan fingerprint density at radius 2 is 2.06 bits per heavy atom. The van der Waals surface area contributed by atoms with Crippen LogP contribution in [0.15, 0.2) is 0 Å². The van der Waals surface area contributed by atoms with Crippen LogP contribution in [0.4, 0.5) is 13.2 Å². The van der Waals surface area contributed by atoms with Gasteiger partial charge in [0.15, 0.2) is 0 Å². The van der Waals surface area contributed by atoms with Gasteiger partial charge in [-0.15, -0.1) is 0 Å². The number of hydrogen-bond donors (Lipinski definition) is 0. The van der Waals surface area contributed by atoms with Crippen molar-refractivity contribution in [1.82, 2.24) is 4.90 Å². The normalized spacial score (nSPS) is 11.6. The van der Waals surface area contributed by atoms with E-state index in [1.165, 1.54) is 0 Å². The zero-order valence-corrected chi connectivity index (χ0v) is 11.3. The fourth-order valence-electron chi connectivity index (χ4n) is 1.22. The van der Waals surface area contributed by atoms with Crippen molar-refractivity contribution < 1.29 is 22.7 Å². The van der Waals surface area contributed by atoms with E-state index in [2.05, 4.69) is 20.7 Å². The molecule has 1 amide bonds. The van der Waals surface area contributed by atoms with Gasteiger partial charge in [-0.1, -0.05) is 15.9 Å². The number of ether oxygens (including phenoxy) is 1. The quantitative estimate of drug-likeness (QED) is 0.508. The van der Waals surface area contributed by atoms with Crippen LogP contribution in [-0.2, 0) is 9.53 Å². The number of carbonyl (C=O) groups is 1. The molecule has 0 aliphatic heterocycles. The van der Waals surface area contributed by atoms with Gasteiger partial charge in [0.2, 0.25) is 5.91 Å². The van der Waals surface area contributed by atoms with Crippen LogP contribution in [-0.4, -0.2) is 48.6 Å². The van der Waals surface area contributed by atoms with Crippen molar-refractivity contribution in [2.75, 3.05) is 31.6 Å². The Morgan fingerprint density at radius 3 is 2.53 bits per heavy atom. The summed E-state index contributed by atoms with van der Waals surface area (Å²) in [5.74, 6) is -0.171. The maximum atomic E-state index is 11.7. The highest BCUT2D eigenvalue weighted by Gasteiger charge is 2.27. The lowest BCUT2D eigenvalue weighted by atomic mass is 10.3. The van der Waals surface area contributed by atoms with E-state index in [-0.39, 0.29) is 18.9 Å². The molecule has 0 aliphatic carbocycles. The lowest BCUT2D eigenvalue weighted by molar-refractivity contribution is -0.175. The van der Waals surface area contributed by atoms with Crippen molar-refractivity contribution in [3.05, 3.63) is 0 Å². The number of halogens is 4. The number of amides is 1. The standard InChI is InChI=1S/C10H17BrF3NO2/c1-2-15(6-3-5-11)9(16)4-7-17-8-10(12,13)14/h2-8H2,1H3. The zero-order chi connectivity index (χ0) is 13.3. The molecule has 0 unspecified atom stereocenters. The maximum Gasteiger partial charge on any atom is 0.411 e. The summed E-state index contributed by atoms with van der Waals surface area (Å²) < 4.78 is 39.6. The maximum absolute atomic E-state index is 11.7. The van der Waals surface area contributed by atoms with Gasteiger partial charge in [0.05, 0.1) is 13.0 Å². The molecule has 0 aliphatic rings. The summed E-state index contributed by atoms with van der Waals surface area (Å²) in [6.45, 7) is 1.52. The molecule has 0 aromatic heterocycles. The smallest absolute Gasteiger partial charge is 0.372 e. The van der Waals surface area contributed by atoms with E-state index >= 15 is 0 Å². The van der Waals surface area contributed by atoms with Gasteiger partial charge < -0.3 is 9.64 Å². The number of nitrogens with zero attached hydrogens (tertiary/aromatic N) is 1. The van der Waals surface area contributed by atoms with E-state index in [1.807, 2.05) is 6.92 Å². The summed E-state index contributed by atoms with van der Waals surface area (Å²) in [7, 11) is 0. The highest BCUT2D eigenvalue weighted by Crippen LogP contribution is 2.14. The largest absolute Gasteiger partial charge is 0.411 e. The topological polar surface area (TPSA) is 29.5 Å². The van der Waals surface area contributed by atoms with Crippen LogP contribution in [0.5, 0.6) is 0 Å². The molecule has 17 heavy (non-hydrogen) atoms. The van der Waals surface area contributed by atoms with E-state index in [0.717, 1.165) is 11.8 Å². The van der Waals surface area contributed by atoms with Gasteiger partial charge in [-0.2, -0.15) is 13.2 Å². The molecular formula is C10H17BrF3NO2. The molecule has 3 nitrogen and oxygen atoms in total. The summed E-state index contributed by atoms with van der Waals surface area (Å²) in [5, 5.41) is 0.793. The van der Waals surface area contributed by atoms with Crippen molar-refractivity contribution in [1.29, 1.82) is 0 Å². The van der Waals surface area contributed by atoms with Crippen LogP contribution in [0.2, 0.25) is 0 Å². The third kappa shape index (κ3) is 9.41. The van der Waals surface area contributed by atoms with Crippen molar-refractivity contribution >= 4 is 21.8 Å². The van der Waals surface area contributed by atoms with Crippen LogP contribution in [0.25, 0.3) is 0 Å². The Morgan fingerprint density at radius 1 is 1.41 bits per heavy atom. The molecule has 0 aromatic carbocycles. The first-order valence-electron chi connectivity index (χ1n) is 5.39. The Balaban J connectivity index is 3.75. The van der Waals surface area contributed by atoms with Gasteiger partial charge in [-0.05, 0) is 13.3 Å². The minimum absolute atomic E-state index is 0.00773. The molecule has 0 heterocycles. The van der Waals surface area contributed by atoms with E-state index in [9.17, 15) is 18.0 Å². The Hall–Kier alpha value is -0.300. The third-order valence-corrected chi connectivity index (χ3v) is 2.58. The first-order valence-corrected chi connectivity index (χ1v) is 6.51. The molecule has 0 aromatic rings. The average molecular weight is 320 g/mol. The summed E-state index contributed by atoms with van der Waals surface area (Å²) in [6.07, 6.45) is -3.52. The highest BCUT2D eigenvalue weighted by atomic mass is 79.9. The molecule has 0 saturated carbocycles. The van der Waals surface area contributed by atoms with Gasteiger partial charge >= 0.3 is 6.18 Å². The molecule has 0 spiro atoms. The molecular weight excluding hydrogens is 303 g/mol. The van der Waals surface area contributed by atoms with Crippen LogP contribution in [0.3, 0.4) is 0 Å². The van der Waals surface area contributed by atoms with Gasteiger partial charge in [0.1, 0.15) is 6.61 Å². The van der Waals surface area contributed by atoms with Gasteiger partial charge in [0.25, 0.3) is 0 Å².